The number of nitrogens with one attached hydrogen (secondary N) is 1. The standard InChI is InChI=1S/C13H21BrN4O/c1-4-9-12(14)11(18(5-2)16-9)8-15-10-6-7-17(3)13(10)19/h10,15H,4-8H2,1-3H3. The Balaban J connectivity index is 2.07. The van der Waals surface area contributed by atoms with Gasteiger partial charge in [0.15, 0.2) is 0 Å². The van der Waals surface area contributed by atoms with Crippen molar-refractivity contribution in [2.45, 2.75) is 45.8 Å². The molecule has 1 aromatic rings. The number of hydrogen-bond donors (Lipinski definition) is 1. The van der Waals surface area contributed by atoms with Gasteiger partial charge in [-0.2, -0.15) is 5.10 Å². The van der Waals surface area contributed by atoms with Crippen molar-refractivity contribution in [1.82, 2.24) is 20.0 Å². The minimum Gasteiger partial charge on any atom is -0.344 e. The predicted octanol–water partition coefficient (Wildman–Crippen LogP) is 1.55. The van der Waals surface area contributed by atoms with E-state index in [1.807, 2.05) is 11.7 Å². The summed E-state index contributed by atoms with van der Waals surface area (Å²) >= 11 is 3.62. The monoisotopic (exact) mass is 328 g/mol. The molecule has 1 N–H and O–H groups in total. The number of likely N-dealkylation sites (N-methyl/N-ethyl adjacent to an activating group) is 1. The molecule has 6 heteroatoms. The Bertz CT molecular complexity index is 471. The van der Waals surface area contributed by atoms with E-state index in [4.69, 9.17) is 0 Å². The van der Waals surface area contributed by atoms with Crippen LogP contribution in [0.3, 0.4) is 0 Å². The molecule has 0 aliphatic carbocycles. The molecule has 0 saturated carbocycles. The Kier molecular flexibility index (Phi) is 4.62. The van der Waals surface area contributed by atoms with Crippen LogP contribution in [0.15, 0.2) is 4.47 Å². The van der Waals surface area contributed by atoms with Crippen LogP contribution in [0, 0.1) is 0 Å². The van der Waals surface area contributed by atoms with Crippen LogP contribution in [0.1, 0.15) is 31.7 Å². The molecule has 1 atom stereocenters. The lowest BCUT2D eigenvalue weighted by Crippen LogP contribution is -2.36. The van der Waals surface area contributed by atoms with Gasteiger partial charge in [-0.05, 0) is 35.7 Å². The Labute approximate surface area is 122 Å². The zero-order chi connectivity index (χ0) is 14.0. The van der Waals surface area contributed by atoms with Gasteiger partial charge in [0.2, 0.25) is 5.91 Å². The number of amides is 1. The van der Waals surface area contributed by atoms with Crippen molar-refractivity contribution in [2.24, 2.45) is 0 Å². The molecule has 0 spiro atoms. The molecule has 1 aliphatic heterocycles. The molecule has 0 bridgehead atoms. The topological polar surface area (TPSA) is 50.2 Å². The number of nitrogens with zero attached hydrogens (tertiary/aromatic N) is 3. The van der Waals surface area contributed by atoms with Crippen LogP contribution in [0.5, 0.6) is 0 Å². The lowest BCUT2D eigenvalue weighted by molar-refractivity contribution is -0.128. The molecule has 1 fully saturated rings. The van der Waals surface area contributed by atoms with E-state index in [1.54, 1.807) is 4.90 Å². The number of carbonyl (C=O) groups excluding carboxylic acids is 1. The second-order valence-corrected chi connectivity index (χ2v) is 5.65. The number of hydrogen-bond acceptors (Lipinski definition) is 3. The van der Waals surface area contributed by atoms with Gasteiger partial charge in [-0.15, -0.1) is 0 Å². The van der Waals surface area contributed by atoms with Crippen molar-refractivity contribution in [3.05, 3.63) is 15.9 Å². The summed E-state index contributed by atoms with van der Waals surface area (Å²) in [4.78, 5) is 13.6. The van der Waals surface area contributed by atoms with E-state index >= 15 is 0 Å². The average molecular weight is 329 g/mol. The number of likely N-dealkylation sites (tertiary alicyclic amines) is 1. The summed E-state index contributed by atoms with van der Waals surface area (Å²) in [5.74, 6) is 0.189. The van der Waals surface area contributed by atoms with Crippen molar-refractivity contribution in [3.63, 3.8) is 0 Å². The Morgan fingerprint density at radius 1 is 1.47 bits per heavy atom. The zero-order valence-corrected chi connectivity index (χ0v) is 13.3. The van der Waals surface area contributed by atoms with Crippen LogP contribution < -0.4 is 5.32 Å². The van der Waals surface area contributed by atoms with Crippen molar-refractivity contribution in [1.29, 1.82) is 0 Å². The van der Waals surface area contributed by atoms with Crippen LogP contribution in [0.25, 0.3) is 0 Å². The zero-order valence-electron chi connectivity index (χ0n) is 11.7. The van der Waals surface area contributed by atoms with Crippen LogP contribution in [-0.4, -0.2) is 40.2 Å². The highest BCUT2D eigenvalue weighted by atomic mass is 79.9. The highest BCUT2D eigenvalue weighted by molar-refractivity contribution is 9.10. The summed E-state index contributed by atoms with van der Waals surface area (Å²) in [6.07, 6.45) is 1.79. The normalized spacial score (nSPS) is 19.5. The maximum atomic E-state index is 11.9. The molecule has 1 aromatic heterocycles. The molecule has 1 aliphatic rings. The van der Waals surface area contributed by atoms with Gasteiger partial charge < -0.3 is 10.2 Å². The molecule has 1 unspecified atom stereocenters. The van der Waals surface area contributed by atoms with Crippen molar-refractivity contribution >= 4 is 21.8 Å². The molecule has 19 heavy (non-hydrogen) atoms. The second kappa shape index (κ2) is 6.05. The van der Waals surface area contributed by atoms with Crippen LogP contribution in [-0.2, 0) is 24.3 Å². The lowest BCUT2D eigenvalue weighted by atomic mass is 10.2. The molecule has 106 valence electrons. The van der Waals surface area contributed by atoms with Gasteiger partial charge >= 0.3 is 0 Å². The molecule has 2 heterocycles. The fourth-order valence-electron chi connectivity index (χ4n) is 2.42. The van der Waals surface area contributed by atoms with E-state index in [-0.39, 0.29) is 11.9 Å². The Morgan fingerprint density at radius 2 is 2.21 bits per heavy atom. The summed E-state index contributed by atoms with van der Waals surface area (Å²) in [6, 6.07) is -0.0535. The molecule has 0 radical (unpaired) electrons. The van der Waals surface area contributed by atoms with Gasteiger partial charge in [0.1, 0.15) is 0 Å². The maximum absolute atomic E-state index is 11.9. The van der Waals surface area contributed by atoms with Crippen molar-refractivity contribution in [3.8, 4) is 0 Å². The number of halogens is 1. The van der Waals surface area contributed by atoms with E-state index in [2.05, 4.69) is 40.2 Å². The quantitative estimate of drug-likeness (QED) is 0.892. The summed E-state index contributed by atoms with van der Waals surface area (Å²) < 4.78 is 3.07. The molecule has 2 rings (SSSR count). The molecule has 5 nitrogen and oxygen atoms in total. The maximum Gasteiger partial charge on any atom is 0.239 e. The predicted molar refractivity (Wildman–Crippen MR) is 77.9 cm³/mol. The Hall–Kier alpha value is -0.880. The number of aryl methyl sites for hydroxylation is 2. The molecule has 1 amide bonds. The third-order valence-corrected chi connectivity index (χ3v) is 4.55. The smallest absolute Gasteiger partial charge is 0.239 e. The summed E-state index contributed by atoms with van der Waals surface area (Å²) in [6.45, 7) is 6.53. The summed E-state index contributed by atoms with van der Waals surface area (Å²) in [5.41, 5.74) is 2.20. The molecular formula is C13H21BrN4O. The van der Waals surface area contributed by atoms with Crippen LogP contribution in [0.4, 0.5) is 0 Å². The number of carbonyl (C=O) groups is 1. The van der Waals surface area contributed by atoms with E-state index in [1.165, 1.54) is 0 Å². The van der Waals surface area contributed by atoms with Crippen LogP contribution >= 0.6 is 15.9 Å². The lowest BCUT2D eigenvalue weighted by Gasteiger charge is -2.13. The first-order chi connectivity index (χ1) is 9.08. The largest absolute Gasteiger partial charge is 0.344 e. The first-order valence-corrected chi connectivity index (χ1v) is 7.60. The van der Waals surface area contributed by atoms with Gasteiger partial charge in [0, 0.05) is 26.7 Å². The summed E-state index contributed by atoms with van der Waals surface area (Å²) in [7, 11) is 1.85. The average Bonchev–Trinajstić information content (AvgIpc) is 2.89. The van der Waals surface area contributed by atoms with E-state index < -0.39 is 0 Å². The fourth-order valence-corrected chi connectivity index (χ4v) is 3.12. The van der Waals surface area contributed by atoms with Crippen LogP contribution in [0.2, 0.25) is 0 Å². The molecular weight excluding hydrogens is 308 g/mol. The highest BCUT2D eigenvalue weighted by Crippen LogP contribution is 2.22. The second-order valence-electron chi connectivity index (χ2n) is 4.86. The molecule has 0 aromatic carbocycles. The first-order valence-electron chi connectivity index (χ1n) is 6.80. The van der Waals surface area contributed by atoms with Gasteiger partial charge in [-0.1, -0.05) is 6.92 Å². The SMILES string of the molecule is CCc1nn(CC)c(CNC2CCN(C)C2=O)c1Br. The third kappa shape index (κ3) is 2.84. The first kappa shape index (κ1) is 14.5. The highest BCUT2D eigenvalue weighted by Gasteiger charge is 2.29. The van der Waals surface area contributed by atoms with Crippen molar-refractivity contribution in [2.75, 3.05) is 13.6 Å². The minimum absolute atomic E-state index is 0.0535. The van der Waals surface area contributed by atoms with E-state index in [9.17, 15) is 4.79 Å². The minimum atomic E-state index is -0.0535. The summed E-state index contributed by atoms with van der Waals surface area (Å²) in [5, 5.41) is 7.91. The van der Waals surface area contributed by atoms with Gasteiger partial charge in [-0.25, -0.2) is 0 Å². The van der Waals surface area contributed by atoms with Gasteiger partial charge in [0.25, 0.3) is 0 Å². The number of rotatable bonds is 5. The third-order valence-electron chi connectivity index (χ3n) is 3.64. The van der Waals surface area contributed by atoms with E-state index in [0.29, 0.717) is 6.54 Å². The van der Waals surface area contributed by atoms with Crippen molar-refractivity contribution < 1.29 is 4.79 Å². The Morgan fingerprint density at radius 3 is 2.74 bits per heavy atom. The van der Waals surface area contributed by atoms with Gasteiger partial charge in [0.05, 0.1) is 21.9 Å². The fraction of sp³-hybridized carbons (Fsp3) is 0.692. The number of aromatic nitrogens is 2. The molecule has 1 saturated heterocycles. The van der Waals surface area contributed by atoms with Gasteiger partial charge in [-0.3, -0.25) is 9.48 Å². The van der Waals surface area contributed by atoms with E-state index in [0.717, 1.165) is 41.8 Å².